The Morgan fingerprint density at radius 2 is 2.05 bits per heavy atom. The quantitative estimate of drug-likeness (QED) is 0.817. The first-order valence-corrected chi connectivity index (χ1v) is 8.06. The number of aromatic nitrogens is 2. The van der Waals surface area contributed by atoms with Gasteiger partial charge in [0.15, 0.2) is 0 Å². The van der Waals surface area contributed by atoms with E-state index < -0.39 is 0 Å². The zero-order valence-corrected chi connectivity index (χ0v) is 13.6. The molecule has 21 heavy (non-hydrogen) atoms. The van der Waals surface area contributed by atoms with E-state index in [0.717, 1.165) is 29.5 Å². The largest absolute Gasteiger partial charge is 0.488 e. The number of benzene rings is 1. The topological polar surface area (TPSA) is 47.0 Å². The van der Waals surface area contributed by atoms with Gasteiger partial charge >= 0.3 is 0 Å². The van der Waals surface area contributed by atoms with Crippen LogP contribution in [-0.2, 0) is 0 Å². The summed E-state index contributed by atoms with van der Waals surface area (Å²) in [5.41, 5.74) is 0. The van der Waals surface area contributed by atoms with Crippen LogP contribution in [0.4, 0.5) is 5.82 Å². The van der Waals surface area contributed by atoms with E-state index in [2.05, 4.69) is 31.2 Å². The number of anilines is 1. The molecular formula is C15H15BrClN3O. The minimum atomic E-state index is 0.132. The molecular weight excluding hydrogens is 354 g/mol. The number of hydrogen-bond donors (Lipinski definition) is 1. The predicted octanol–water partition coefficient (Wildman–Crippen LogP) is 4.30. The number of nitrogens with one attached hydrogen (secondary N) is 1. The third-order valence-corrected chi connectivity index (χ3v) is 4.28. The molecule has 0 saturated heterocycles. The molecule has 0 aliphatic heterocycles. The first-order valence-electron chi connectivity index (χ1n) is 6.88. The third-order valence-electron chi connectivity index (χ3n) is 3.52. The van der Waals surface area contributed by atoms with Crippen molar-refractivity contribution < 1.29 is 4.74 Å². The van der Waals surface area contributed by atoms with Crippen LogP contribution in [0.5, 0.6) is 5.75 Å². The number of halogens is 2. The highest BCUT2D eigenvalue weighted by molar-refractivity contribution is 9.10. The first-order chi connectivity index (χ1) is 10.2. The van der Waals surface area contributed by atoms with Crippen molar-refractivity contribution in [3.8, 4) is 5.75 Å². The molecule has 1 N–H and O–H groups in total. The summed E-state index contributed by atoms with van der Waals surface area (Å²) < 4.78 is 6.88. The van der Waals surface area contributed by atoms with Crippen molar-refractivity contribution in [2.45, 2.75) is 31.4 Å². The van der Waals surface area contributed by atoms with Crippen LogP contribution in [-0.4, -0.2) is 22.1 Å². The highest BCUT2D eigenvalue weighted by atomic mass is 79.9. The van der Waals surface area contributed by atoms with Gasteiger partial charge in [-0.1, -0.05) is 18.2 Å². The molecule has 1 aromatic heterocycles. The Bertz CT molecular complexity index is 611. The summed E-state index contributed by atoms with van der Waals surface area (Å²) in [6.45, 7) is 0. The van der Waals surface area contributed by atoms with Crippen LogP contribution in [0.2, 0.25) is 5.28 Å². The lowest BCUT2D eigenvalue weighted by atomic mass is 10.2. The standard InChI is InChI=1S/C15H15BrClN3O/c16-11-9-18-15(17)20-14(11)19-12-7-4-8-13(12)21-10-5-2-1-3-6-10/h1-3,5-6,9,12-13H,4,7-8H2,(H,18,19,20)/t12-,13-/m1/s1. The van der Waals surface area contributed by atoms with Crippen LogP contribution in [0.25, 0.3) is 0 Å². The van der Waals surface area contributed by atoms with Crippen LogP contribution in [0.3, 0.4) is 0 Å². The fourth-order valence-corrected chi connectivity index (χ4v) is 2.97. The Balaban J connectivity index is 1.71. The second-order valence-corrected chi connectivity index (χ2v) is 6.18. The van der Waals surface area contributed by atoms with Crippen LogP contribution < -0.4 is 10.1 Å². The normalized spacial score (nSPS) is 21.2. The third kappa shape index (κ3) is 3.66. The number of rotatable bonds is 4. The van der Waals surface area contributed by atoms with Gasteiger partial charge in [-0.25, -0.2) is 4.98 Å². The zero-order chi connectivity index (χ0) is 14.7. The molecule has 0 spiro atoms. The average Bonchev–Trinajstić information content (AvgIpc) is 2.91. The van der Waals surface area contributed by atoms with Gasteiger partial charge in [-0.05, 0) is 58.9 Å². The highest BCUT2D eigenvalue weighted by Crippen LogP contribution is 2.29. The van der Waals surface area contributed by atoms with Crippen LogP contribution in [0.15, 0.2) is 41.0 Å². The molecule has 1 aliphatic carbocycles. The van der Waals surface area contributed by atoms with E-state index in [9.17, 15) is 0 Å². The monoisotopic (exact) mass is 367 g/mol. The Morgan fingerprint density at radius 1 is 1.24 bits per heavy atom. The number of ether oxygens (including phenoxy) is 1. The van der Waals surface area contributed by atoms with Crippen LogP contribution in [0.1, 0.15) is 19.3 Å². The molecule has 0 unspecified atom stereocenters. The molecule has 4 nitrogen and oxygen atoms in total. The van der Waals surface area contributed by atoms with Gasteiger partial charge in [0.05, 0.1) is 10.5 Å². The predicted molar refractivity (Wildman–Crippen MR) is 86.9 cm³/mol. The lowest BCUT2D eigenvalue weighted by molar-refractivity contribution is 0.198. The fourth-order valence-electron chi connectivity index (χ4n) is 2.53. The molecule has 1 aliphatic rings. The van der Waals surface area contributed by atoms with E-state index >= 15 is 0 Å². The Labute approximate surface area is 137 Å². The summed E-state index contributed by atoms with van der Waals surface area (Å²) in [5.74, 6) is 1.61. The SMILES string of the molecule is Clc1ncc(Br)c(N[C@@H]2CCC[C@H]2Oc2ccccc2)n1. The smallest absolute Gasteiger partial charge is 0.224 e. The minimum Gasteiger partial charge on any atom is -0.488 e. The van der Waals surface area contributed by atoms with Gasteiger partial charge in [0.2, 0.25) is 5.28 Å². The summed E-state index contributed by atoms with van der Waals surface area (Å²) >= 11 is 9.29. The van der Waals surface area contributed by atoms with Crippen LogP contribution >= 0.6 is 27.5 Å². The van der Waals surface area contributed by atoms with Crippen molar-refractivity contribution in [1.29, 1.82) is 0 Å². The van der Waals surface area contributed by atoms with Gasteiger partial charge in [-0.3, -0.25) is 0 Å². The van der Waals surface area contributed by atoms with Crippen molar-refractivity contribution in [1.82, 2.24) is 9.97 Å². The Kier molecular flexibility index (Phi) is 4.60. The average molecular weight is 369 g/mol. The lowest BCUT2D eigenvalue weighted by Gasteiger charge is -2.23. The maximum absolute atomic E-state index is 6.08. The molecule has 6 heteroatoms. The lowest BCUT2D eigenvalue weighted by Crippen LogP contribution is -2.33. The van der Waals surface area contributed by atoms with E-state index in [0.29, 0.717) is 5.82 Å². The summed E-state index contributed by atoms with van der Waals surface area (Å²) in [5, 5.41) is 3.65. The van der Waals surface area contributed by atoms with E-state index in [1.165, 1.54) is 0 Å². The second-order valence-electron chi connectivity index (χ2n) is 4.99. The molecule has 0 radical (unpaired) electrons. The Hall–Kier alpha value is -1.33. The van der Waals surface area contributed by atoms with Gasteiger partial charge in [-0.2, -0.15) is 4.98 Å². The molecule has 2 aromatic rings. The molecule has 1 fully saturated rings. The summed E-state index contributed by atoms with van der Waals surface area (Å²) in [6, 6.07) is 10.1. The summed E-state index contributed by atoms with van der Waals surface area (Å²) in [7, 11) is 0. The van der Waals surface area contributed by atoms with Gasteiger partial charge in [0.25, 0.3) is 0 Å². The molecule has 110 valence electrons. The number of para-hydroxylation sites is 1. The fraction of sp³-hybridized carbons (Fsp3) is 0.333. The van der Waals surface area contributed by atoms with Gasteiger partial charge < -0.3 is 10.1 Å². The Morgan fingerprint density at radius 3 is 2.86 bits per heavy atom. The summed E-state index contributed by atoms with van der Waals surface area (Å²) in [4.78, 5) is 8.16. The molecule has 3 rings (SSSR count). The van der Waals surface area contributed by atoms with E-state index in [4.69, 9.17) is 16.3 Å². The maximum atomic E-state index is 6.08. The van der Waals surface area contributed by atoms with Crippen molar-refractivity contribution in [2.75, 3.05) is 5.32 Å². The van der Waals surface area contributed by atoms with E-state index in [-0.39, 0.29) is 17.4 Å². The summed E-state index contributed by atoms with van der Waals surface area (Å²) in [6.07, 6.45) is 4.99. The van der Waals surface area contributed by atoms with Crippen LogP contribution in [0, 0.1) is 0 Å². The molecule has 1 aromatic carbocycles. The molecule has 0 amide bonds. The second kappa shape index (κ2) is 6.62. The maximum Gasteiger partial charge on any atom is 0.224 e. The zero-order valence-electron chi connectivity index (χ0n) is 11.3. The van der Waals surface area contributed by atoms with Crippen molar-refractivity contribution in [2.24, 2.45) is 0 Å². The van der Waals surface area contributed by atoms with Crippen molar-refractivity contribution >= 4 is 33.3 Å². The van der Waals surface area contributed by atoms with Crippen molar-refractivity contribution in [3.05, 3.63) is 46.3 Å². The van der Waals surface area contributed by atoms with E-state index in [1.54, 1.807) is 6.20 Å². The number of nitrogens with zero attached hydrogens (tertiary/aromatic N) is 2. The van der Waals surface area contributed by atoms with E-state index in [1.807, 2.05) is 30.3 Å². The van der Waals surface area contributed by atoms with Crippen molar-refractivity contribution in [3.63, 3.8) is 0 Å². The molecule has 1 saturated carbocycles. The molecule has 2 atom stereocenters. The minimum absolute atomic E-state index is 0.132. The van der Waals surface area contributed by atoms with Gasteiger partial charge in [0.1, 0.15) is 17.7 Å². The van der Waals surface area contributed by atoms with Gasteiger partial charge in [0, 0.05) is 6.20 Å². The van der Waals surface area contributed by atoms with Gasteiger partial charge in [-0.15, -0.1) is 0 Å². The first kappa shape index (κ1) is 14.6. The highest BCUT2D eigenvalue weighted by Gasteiger charge is 2.29. The number of hydrogen-bond acceptors (Lipinski definition) is 4. The molecule has 0 bridgehead atoms. The molecule has 1 heterocycles.